The van der Waals surface area contributed by atoms with E-state index in [0.717, 1.165) is 16.5 Å². The molecule has 1 aromatic heterocycles. The van der Waals surface area contributed by atoms with Crippen LogP contribution < -0.4 is 29.0 Å². The van der Waals surface area contributed by atoms with Crippen molar-refractivity contribution in [3.63, 3.8) is 0 Å². The molecule has 0 unspecified atom stereocenters. The van der Waals surface area contributed by atoms with Crippen LogP contribution in [0.1, 0.15) is 10.5 Å². The standard InChI is InChI=1S/C25H18N2O6/c1-29-16-5-3-15(4-6-16)26-25(28)19-11-17(14-2-8-20-22(10-14)32-12-30-20)23-18(27-19)7-9-21-24(23)33-13-31-21/h2-11H,12-13H2,1H3,(H,26,28). The first-order valence-corrected chi connectivity index (χ1v) is 10.3. The van der Waals surface area contributed by atoms with Crippen LogP contribution in [-0.4, -0.2) is 31.6 Å². The zero-order chi connectivity index (χ0) is 22.4. The molecule has 0 saturated heterocycles. The molecule has 8 heteroatoms. The van der Waals surface area contributed by atoms with E-state index in [9.17, 15) is 4.79 Å². The van der Waals surface area contributed by atoms with Gasteiger partial charge in [0.2, 0.25) is 13.6 Å². The summed E-state index contributed by atoms with van der Waals surface area (Å²) in [6.07, 6.45) is 0. The van der Waals surface area contributed by atoms with Crippen molar-refractivity contribution in [1.82, 2.24) is 4.98 Å². The molecule has 1 amide bonds. The summed E-state index contributed by atoms with van der Waals surface area (Å²) in [5.41, 5.74) is 3.15. The molecule has 4 aromatic rings. The number of pyridine rings is 1. The number of aromatic nitrogens is 1. The van der Waals surface area contributed by atoms with Gasteiger partial charge in [0.1, 0.15) is 11.4 Å². The highest BCUT2D eigenvalue weighted by Crippen LogP contribution is 2.45. The number of methoxy groups -OCH3 is 1. The first kappa shape index (κ1) is 19.2. The quantitative estimate of drug-likeness (QED) is 0.493. The van der Waals surface area contributed by atoms with Crippen molar-refractivity contribution >= 4 is 22.5 Å². The van der Waals surface area contributed by atoms with E-state index < -0.39 is 0 Å². The van der Waals surface area contributed by atoms with E-state index in [1.54, 1.807) is 43.5 Å². The Morgan fingerprint density at radius 3 is 2.48 bits per heavy atom. The monoisotopic (exact) mass is 442 g/mol. The van der Waals surface area contributed by atoms with Crippen LogP contribution in [0.5, 0.6) is 28.7 Å². The summed E-state index contributed by atoms with van der Waals surface area (Å²) in [6, 6.07) is 18.1. The molecular formula is C25H18N2O6. The fourth-order valence-corrected chi connectivity index (χ4v) is 3.96. The molecule has 8 nitrogen and oxygen atoms in total. The van der Waals surface area contributed by atoms with Crippen molar-refractivity contribution in [3.05, 3.63) is 66.4 Å². The zero-order valence-electron chi connectivity index (χ0n) is 17.6. The number of amides is 1. The minimum atomic E-state index is -0.332. The number of anilines is 1. The van der Waals surface area contributed by atoms with Crippen molar-refractivity contribution in [1.29, 1.82) is 0 Å². The van der Waals surface area contributed by atoms with Crippen LogP contribution >= 0.6 is 0 Å². The normalized spacial score (nSPS) is 13.2. The second-order valence-corrected chi connectivity index (χ2v) is 7.50. The average Bonchev–Trinajstić information content (AvgIpc) is 3.52. The number of carbonyl (C=O) groups excluding carboxylic acids is 1. The fraction of sp³-hybridized carbons (Fsp3) is 0.120. The Bertz CT molecular complexity index is 1400. The lowest BCUT2D eigenvalue weighted by Gasteiger charge is -2.13. The highest BCUT2D eigenvalue weighted by atomic mass is 16.7. The Morgan fingerprint density at radius 1 is 0.879 bits per heavy atom. The van der Waals surface area contributed by atoms with E-state index >= 15 is 0 Å². The van der Waals surface area contributed by atoms with Crippen molar-refractivity contribution in [2.75, 3.05) is 26.0 Å². The van der Waals surface area contributed by atoms with Crippen LogP contribution in [0.15, 0.2) is 60.7 Å². The molecule has 0 atom stereocenters. The van der Waals surface area contributed by atoms with E-state index in [-0.39, 0.29) is 25.2 Å². The van der Waals surface area contributed by atoms with Gasteiger partial charge >= 0.3 is 0 Å². The number of fused-ring (bicyclic) bond motifs is 4. The van der Waals surface area contributed by atoms with E-state index in [4.69, 9.17) is 23.7 Å². The summed E-state index contributed by atoms with van der Waals surface area (Å²) >= 11 is 0. The Balaban J connectivity index is 1.47. The van der Waals surface area contributed by atoms with Gasteiger partial charge < -0.3 is 29.0 Å². The smallest absolute Gasteiger partial charge is 0.274 e. The minimum absolute atomic E-state index is 0.134. The summed E-state index contributed by atoms with van der Waals surface area (Å²) in [6.45, 7) is 0.312. The lowest BCUT2D eigenvalue weighted by atomic mass is 9.98. The topological polar surface area (TPSA) is 88.1 Å². The van der Waals surface area contributed by atoms with E-state index in [1.807, 2.05) is 24.3 Å². The van der Waals surface area contributed by atoms with Crippen LogP contribution in [-0.2, 0) is 0 Å². The molecule has 3 aromatic carbocycles. The van der Waals surface area contributed by atoms with Crippen LogP contribution in [0.4, 0.5) is 5.69 Å². The summed E-state index contributed by atoms with van der Waals surface area (Å²) in [5.74, 6) is 2.95. The largest absolute Gasteiger partial charge is 0.497 e. The Hall–Kier alpha value is -4.46. The number of rotatable bonds is 4. The summed E-state index contributed by atoms with van der Waals surface area (Å²) in [7, 11) is 1.59. The molecule has 0 spiro atoms. The summed E-state index contributed by atoms with van der Waals surface area (Å²) in [4.78, 5) is 17.7. The number of nitrogens with zero attached hydrogens (tertiary/aromatic N) is 1. The van der Waals surface area contributed by atoms with Gasteiger partial charge in [-0.3, -0.25) is 4.79 Å². The minimum Gasteiger partial charge on any atom is -0.497 e. The molecular weight excluding hydrogens is 424 g/mol. The van der Waals surface area contributed by atoms with E-state index in [0.29, 0.717) is 40.0 Å². The maximum absolute atomic E-state index is 13.1. The van der Waals surface area contributed by atoms with Gasteiger partial charge in [-0.25, -0.2) is 4.98 Å². The van der Waals surface area contributed by atoms with Crippen LogP contribution in [0.25, 0.3) is 22.0 Å². The van der Waals surface area contributed by atoms with E-state index in [1.165, 1.54) is 0 Å². The number of hydrogen-bond acceptors (Lipinski definition) is 7. The van der Waals surface area contributed by atoms with Gasteiger partial charge in [0, 0.05) is 5.69 Å². The number of carbonyl (C=O) groups is 1. The molecule has 6 rings (SSSR count). The molecule has 0 bridgehead atoms. The number of benzene rings is 3. The first-order valence-electron chi connectivity index (χ1n) is 10.3. The van der Waals surface area contributed by atoms with Gasteiger partial charge in [0.05, 0.1) is 18.0 Å². The van der Waals surface area contributed by atoms with Gasteiger partial charge in [-0.1, -0.05) is 6.07 Å². The fourth-order valence-electron chi connectivity index (χ4n) is 3.96. The Kier molecular flexibility index (Phi) is 4.43. The van der Waals surface area contributed by atoms with Gasteiger partial charge in [0.25, 0.3) is 5.91 Å². The van der Waals surface area contributed by atoms with Crippen molar-refractivity contribution in [2.24, 2.45) is 0 Å². The summed E-state index contributed by atoms with van der Waals surface area (Å²) in [5, 5.41) is 3.66. The lowest BCUT2D eigenvalue weighted by Crippen LogP contribution is -2.14. The van der Waals surface area contributed by atoms with Crippen molar-refractivity contribution in [3.8, 4) is 39.9 Å². The first-order chi connectivity index (χ1) is 16.2. The summed E-state index contributed by atoms with van der Waals surface area (Å²) < 4.78 is 27.5. The van der Waals surface area contributed by atoms with Crippen LogP contribution in [0.3, 0.4) is 0 Å². The molecule has 33 heavy (non-hydrogen) atoms. The predicted octanol–water partition coefficient (Wildman–Crippen LogP) is 4.62. The molecule has 0 radical (unpaired) electrons. The SMILES string of the molecule is COc1ccc(NC(=O)c2cc(-c3ccc4c(c3)OCO4)c3c4c(ccc3n2)OCO4)cc1. The third kappa shape index (κ3) is 3.32. The maximum atomic E-state index is 13.1. The zero-order valence-corrected chi connectivity index (χ0v) is 17.6. The van der Waals surface area contributed by atoms with Crippen molar-refractivity contribution < 1.29 is 28.5 Å². The number of ether oxygens (including phenoxy) is 5. The second kappa shape index (κ2) is 7.59. The Morgan fingerprint density at radius 2 is 1.64 bits per heavy atom. The molecule has 164 valence electrons. The highest BCUT2D eigenvalue weighted by Gasteiger charge is 2.24. The van der Waals surface area contributed by atoms with Crippen LogP contribution in [0.2, 0.25) is 0 Å². The van der Waals surface area contributed by atoms with Crippen LogP contribution in [0, 0.1) is 0 Å². The van der Waals surface area contributed by atoms with Gasteiger partial charge in [0.15, 0.2) is 23.0 Å². The van der Waals surface area contributed by atoms with Crippen molar-refractivity contribution in [2.45, 2.75) is 0 Å². The highest BCUT2D eigenvalue weighted by molar-refractivity contribution is 6.08. The maximum Gasteiger partial charge on any atom is 0.274 e. The van der Waals surface area contributed by atoms with E-state index in [2.05, 4.69) is 10.3 Å². The molecule has 3 heterocycles. The molecule has 1 N–H and O–H groups in total. The third-order valence-electron chi connectivity index (χ3n) is 5.57. The van der Waals surface area contributed by atoms with Gasteiger partial charge in [-0.15, -0.1) is 0 Å². The molecule has 0 saturated carbocycles. The molecule has 0 fully saturated rings. The second-order valence-electron chi connectivity index (χ2n) is 7.50. The number of nitrogens with one attached hydrogen (secondary N) is 1. The Labute approximate surface area is 188 Å². The van der Waals surface area contributed by atoms with Gasteiger partial charge in [-0.2, -0.15) is 0 Å². The average molecular weight is 442 g/mol. The number of hydrogen-bond donors (Lipinski definition) is 1. The third-order valence-corrected chi connectivity index (χ3v) is 5.57. The molecule has 2 aliphatic rings. The molecule has 0 aliphatic carbocycles. The lowest BCUT2D eigenvalue weighted by molar-refractivity contribution is 0.102. The van der Waals surface area contributed by atoms with Gasteiger partial charge in [-0.05, 0) is 65.7 Å². The predicted molar refractivity (Wildman–Crippen MR) is 120 cm³/mol. The molecule has 2 aliphatic heterocycles.